The molecule has 0 fully saturated rings. The summed E-state index contributed by atoms with van der Waals surface area (Å²) in [5.74, 6) is -0.561. The Kier molecular flexibility index (Phi) is 4.94. The van der Waals surface area contributed by atoms with Gasteiger partial charge in [-0.05, 0) is 30.7 Å². The van der Waals surface area contributed by atoms with Crippen LogP contribution in [0.5, 0.6) is 0 Å². The van der Waals surface area contributed by atoms with E-state index in [2.05, 4.69) is 11.9 Å². The van der Waals surface area contributed by atoms with Crippen LogP contribution in [0.3, 0.4) is 0 Å². The van der Waals surface area contributed by atoms with Crippen molar-refractivity contribution in [2.45, 2.75) is 13.5 Å². The first-order valence-corrected chi connectivity index (χ1v) is 5.33. The molecule has 17 heavy (non-hydrogen) atoms. The number of carbonyl (C=O) groups excluding carboxylic acids is 2. The van der Waals surface area contributed by atoms with Gasteiger partial charge < -0.3 is 10.1 Å². The van der Waals surface area contributed by atoms with Crippen molar-refractivity contribution < 1.29 is 14.3 Å². The van der Waals surface area contributed by atoms with Crippen LogP contribution in [-0.4, -0.2) is 18.5 Å². The maximum atomic E-state index is 11.4. The maximum absolute atomic E-state index is 11.4. The molecule has 0 radical (unpaired) electrons. The lowest BCUT2D eigenvalue weighted by molar-refractivity contribution is -0.116. The molecule has 1 aromatic rings. The van der Waals surface area contributed by atoms with E-state index in [1.165, 1.54) is 6.08 Å². The Morgan fingerprint density at radius 2 is 2.00 bits per heavy atom. The summed E-state index contributed by atoms with van der Waals surface area (Å²) in [6.07, 6.45) is 1.22. The molecule has 4 nitrogen and oxygen atoms in total. The number of hydrogen-bond donors (Lipinski definition) is 1. The van der Waals surface area contributed by atoms with Crippen molar-refractivity contribution in [3.63, 3.8) is 0 Å². The first-order chi connectivity index (χ1) is 8.17. The van der Waals surface area contributed by atoms with Gasteiger partial charge in [0, 0.05) is 6.54 Å². The summed E-state index contributed by atoms with van der Waals surface area (Å²) in [5.41, 5.74) is 1.42. The molecule has 1 aromatic carbocycles. The summed E-state index contributed by atoms with van der Waals surface area (Å²) in [5, 5.41) is 2.65. The Morgan fingerprint density at radius 3 is 2.53 bits per heavy atom. The zero-order valence-corrected chi connectivity index (χ0v) is 9.73. The predicted molar refractivity (Wildman–Crippen MR) is 64.4 cm³/mol. The van der Waals surface area contributed by atoms with Crippen LogP contribution < -0.4 is 5.32 Å². The van der Waals surface area contributed by atoms with Gasteiger partial charge in [0.05, 0.1) is 12.2 Å². The lowest BCUT2D eigenvalue weighted by Gasteiger charge is -2.04. The summed E-state index contributed by atoms with van der Waals surface area (Å²) in [4.78, 5) is 22.3. The highest BCUT2D eigenvalue weighted by Crippen LogP contribution is 2.05. The predicted octanol–water partition coefficient (Wildman–Crippen LogP) is 1.67. The molecule has 0 atom stereocenters. The largest absolute Gasteiger partial charge is 0.462 e. The summed E-state index contributed by atoms with van der Waals surface area (Å²) in [6, 6.07) is 6.89. The Morgan fingerprint density at radius 1 is 1.35 bits per heavy atom. The molecule has 0 heterocycles. The number of benzene rings is 1. The zero-order valence-electron chi connectivity index (χ0n) is 9.73. The van der Waals surface area contributed by atoms with E-state index in [4.69, 9.17) is 4.74 Å². The first-order valence-electron chi connectivity index (χ1n) is 5.33. The molecule has 0 aromatic heterocycles. The highest BCUT2D eigenvalue weighted by atomic mass is 16.5. The smallest absolute Gasteiger partial charge is 0.338 e. The molecule has 0 aliphatic carbocycles. The van der Waals surface area contributed by atoms with Crippen LogP contribution >= 0.6 is 0 Å². The van der Waals surface area contributed by atoms with Crippen molar-refractivity contribution in [1.29, 1.82) is 0 Å². The molecule has 0 saturated heterocycles. The average molecular weight is 233 g/mol. The Bertz CT molecular complexity index is 409. The van der Waals surface area contributed by atoms with Gasteiger partial charge in [-0.2, -0.15) is 0 Å². The number of rotatable bonds is 5. The Labute approximate surface area is 100 Å². The summed E-state index contributed by atoms with van der Waals surface area (Å²) >= 11 is 0. The molecule has 1 amide bonds. The Hall–Kier alpha value is -2.10. The van der Waals surface area contributed by atoms with Gasteiger partial charge in [-0.3, -0.25) is 4.79 Å². The van der Waals surface area contributed by atoms with E-state index in [0.29, 0.717) is 18.7 Å². The summed E-state index contributed by atoms with van der Waals surface area (Å²) < 4.78 is 4.86. The molecule has 90 valence electrons. The summed E-state index contributed by atoms with van der Waals surface area (Å²) in [7, 11) is 0. The molecule has 0 saturated carbocycles. The number of amides is 1. The van der Waals surface area contributed by atoms with Crippen molar-refractivity contribution >= 4 is 11.9 Å². The van der Waals surface area contributed by atoms with E-state index < -0.39 is 0 Å². The van der Waals surface area contributed by atoms with Crippen molar-refractivity contribution in [2.75, 3.05) is 6.61 Å². The zero-order chi connectivity index (χ0) is 12.7. The van der Waals surface area contributed by atoms with Crippen LogP contribution in [0, 0.1) is 0 Å². The van der Waals surface area contributed by atoms with Crippen LogP contribution in [0.2, 0.25) is 0 Å². The van der Waals surface area contributed by atoms with Gasteiger partial charge >= 0.3 is 5.97 Å². The van der Waals surface area contributed by atoms with E-state index in [9.17, 15) is 9.59 Å². The molecule has 0 aliphatic heterocycles. The molecular formula is C13H15NO3. The van der Waals surface area contributed by atoms with Crippen LogP contribution in [0.4, 0.5) is 0 Å². The number of nitrogens with one attached hydrogen (secondary N) is 1. The van der Waals surface area contributed by atoms with Crippen molar-refractivity contribution in [3.8, 4) is 0 Å². The lowest BCUT2D eigenvalue weighted by atomic mass is 10.1. The maximum Gasteiger partial charge on any atom is 0.338 e. The van der Waals surface area contributed by atoms with Gasteiger partial charge in [0.25, 0.3) is 0 Å². The van der Waals surface area contributed by atoms with E-state index in [1.54, 1.807) is 31.2 Å². The molecule has 0 unspecified atom stereocenters. The number of ether oxygens (including phenoxy) is 1. The first kappa shape index (κ1) is 13.0. The van der Waals surface area contributed by atoms with Crippen molar-refractivity contribution in [2.24, 2.45) is 0 Å². The number of hydrogen-bond acceptors (Lipinski definition) is 3. The topological polar surface area (TPSA) is 55.4 Å². The standard InChI is InChI=1S/C13H15NO3/c1-3-12(15)14-9-10-5-7-11(8-6-10)13(16)17-4-2/h3,5-8H,1,4,9H2,2H3,(H,14,15). The fraction of sp³-hybridized carbons (Fsp3) is 0.231. The van der Waals surface area contributed by atoms with Gasteiger partial charge in [-0.25, -0.2) is 4.79 Å². The van der Waals surface area contributed by atoms with Gasteiger partial charge in [0.15, 0.2) is 0 Å². The molecular weight excluding hydrogens is 218 g/mol. The minimum atomic E-state index is -0.339. The molecule has 0 aliphatic rings. The average Bonchev–Trinajstić information content (AvgIpc) is 2.36. The molecule has 0 bridgehead atoms. The van der Waals surface area contributed by atoms with Gasteiger partial charge in [0.2, 0.25) is 5.91 Å². The molecule has 0 spiro atoms. The highest BCUT2D eigenvalue weighted by Gasteiger charge is 2.05. The minimum Gasteiger partial charge on any atom is -0.462 e. The van der Waals surface area contributed by atoms with Crippen LogP contribution in [-0.2, 0) is 16.1 Å². The van der Waals surface area contributed by atoms with Gasteiger partial charge in [0.1, 0.15) is 0 Å². The van der Waals surface area contributed by atoms with Crippen LogP contribution in [0.15, 0.2) is 36.9 Å². The molecule has 1 rings (SSSR count). The number of carbonyl (C=O) groups is 2. The van der Waals surface area contributed by atoms with E-state index in [0.717, 1.165) is 5.56 Å². The quantitative estimate of drug-likeness (QED) is 0.621. The van der Waals surface area contributed by atoms with E-state index in [1.807, 2.05) is 0 Å². The molecule has 4 heteroatoms. The second-order valence-corrected chi connectivity index (χ2v) is 3.34. The van der Waals surface area contributed by atoms with E-state index >= 15 is 0 Å². The summed E-state index contributed by atoms with van der Waals surface area (Å²) in [6.45, 7) is 5.89. The fourth-order valence-electron chi connectivity index (χ4n) is 1.23. The highest BCUT2D eigenvalue weighted by molar-refractivity contribution is 5.89. The SMILES string of the molecule is C=CC(=O)NCc1ccc(C(=O)OCC)cc1. The van der Waals surface area contributed by atoms with Crippen molar-refractivity contribution in [1.82, 2.24) is 5.32 Å². The normalized spacial score (nSPS) is 9.47. The Balaban J connectivity index is 2.58. The van der Waals surface area contributed by atoms with Gasteiger partial charge in [-0.15, -0.1) is 0 Å². The second kappa shape index (κ2) is 6.48. The monoisotopic (exact) mass is 233 g/mol. The second-order valence-electron chi connectivity index (χ2n) is 3.34. The third-order valence-corrected chi connectivity index (χ3v) is 2.12. The van der Waals surface area contributed by atoms with Crippen LogP contribution in [0.1, 0.15) is 22.8 Å². The lowest BCUT2D eigenvalue weighted by Crippen LogP contribution is -2.19. The number of esters is 1. The van der Waals surface area contributed by atoms with Crippen LogP contribution in [0.25, 0.3) is 0 Å². The van der Waals surface area contributed by atoms with Crippen molar-refractivity contribution in [3.05, 3.63) is 48.0 Å². The fourth-order valence-corrected chi connectivity index (χ4v) is 1.23. The van der Waals surface area contributed by atoms with Gasteiger partial charge in [-0.1, -0.05) is 18.7 Å². The molecule has 1 N–H and O–H groups in total. The minimum absolute atomic E-state index is 0.223. The third kappa shape index (κ3) is 4.10. The third-order valence-electron chi connectivity index (χ3n) is 2.12. The van der Waals surface area contributed by atoms with E-state index in [-0.39, 0.29) is 11.9 Å².